The van der Waals surface area contributed by atoms with Crippen molar-refractivity contribution in [3.05, 3.63) is 0 Å². The zero-order valence-electron chi connectivity index (χ0n) is 9.57. The van der Waals surface area contributed by atoms with E-state index in [0.29, 0.717) is 17.3 Å². The maximum atomic E-state index is 10.7. The van der Waals surface area contributed by atoms with Gasteiger partial charge in [-0.2, -0.15) is 0 Å². The molecule has 3 nitrogen and oxygen atoms in total. The van der Waals surface area contributed by atoms with Crippen LogP contribution in [0.25, 0.3) is 0 Å². The molecular formula is C12H21NO2. The molecule has 86 valence electrons. The van der Waals surface area contributed by atoms with E-state index in [-0.39, 0.29) is 12.5 Å². The average molecular weight is 211 g/mol. The van der Waals surface area contributed by atoms with Gasteiger partial charge in [0.1, 0.15) is 0 Å². The van der Waals surface area contributed by atoms with Gasteiger partial charge in [-0.15, -0.1) is 0 Å². The van der Waals surface area contributed by atoms with Crippen LogP contribution in [0.2, 0.25) is 0 Å². The molecule has 3 N–H and O–H groups in total. The van der Waals surface area contributed by atoms with Gasteiger partial charge in [-0.05, 0) is 42.4 Å². The molecule has 15 heavy (non-hydrogen) atoms. The SMILES string of the molecule is CC1(C)C2CCC(C(N)CC(=O)O)C1C2. The lowest BCUT2D eigenvalue weighted by atomic mass is 9.44. The van der Waals surface area contributed by atoms with Gasteiger partial charge in [0.15, 0.2) is 0 Å². The summed E-state index contributed by atoms with van der Waals surface area (Å²) in [5, 5.41) is 8.76. The van der Waals surface area contributed by atoms with E-state index < -0.39 is 5.97 Å². The third kappa shape index (κ3) is 1.67. The molecule has 0 aromatic rings. The van der Waals surface area contributed by atoms with Crippen molar-refractivity contribution in [2.24, 2.45) is 28.9 Å². The highest BCUT2D eigenvalue weighted by Gasteiger charge is 2.55. The van der Waals surface area contributed by atoms with Crippen LogP contribution in [0.4, 0.5) is 0 Å². The summed E-state index contributed by atoms with van der Waals surface area (Å²) in [5.74, 6) is 1.18. The highest BCUT2D eigenvalue weighted by molar-refractivity contribution is 5.67. The molecule has 3 saturated carbocycles. The summed E-state index contributed by atoms with van der Waals surface area (Å²) in [7, 11) is 0. The topological polar surface area (TPSA) is 63.3 Å². The molecule has 3 rings (SSSR count). The smallest absolute Gasteiger partial charge is 0.304 e. The minimum atomic E-state index is -0.762. The monoisotopic (exact) mass is 211 g/mol. The lowest BCUT2D eigenvalue weighted by Crippen LogP contribution is -2.56. The molecule has 4 unspecified atom stereocenters. The van der Waals surface area contributed by atoms with E-state index in [1.54, 1.807) is 0 Å². The second-order valence-electron chi connectivity index (χ2n) is 5.86. The summed E-state index contributed by atoms with van der Waals surface area (Å²) in [4.78, 5) is 10.7. The van der Waals surface area contributed by atoms with Crippen LogP contribution < -0.4 is 5.73 Å². The fraction of sp³-hybridized carbons (Fsp3) is 0.917. The van der Waals surface area contributed by atoms with Crippen molar-refractivity contribution >= 4 is 5.97 Å². The Bertz CT molecular complexity index is 273. The van der Waals surface area contributed by atoms with Crippen LogP contribution >= 0.6 is 0 Å². The van der Waals surface area contributed by atoms with Crippen molar-refractivity contribution in [1.82, 2.24) is 0 Å². The van der Waals surface area contributed by atoms with Crippen LogP contribution in [-0.2, 0) is 4.79 Å². The van der Waals surface area contributed by atoms with Gasteiger partial charge in [-0.1, -0.05) is 13.8 Å². The summed E-state index contributed by atoms with van der Waals surface area (Å²) in [6.07, 6.45) is 3.77. The molecule has 0 aromatic carbocycles. The summed E-state index contributed by atoms with van der Waals surface area (Å²) in [6.45, 7) is 4.62. The van der Waals surface area contributed by atoms with Gasteiger partial charge in [-0.25, -0.2) is 0 Å². The Morgan fingerprint density at radius 2 is 2.20 bits per heavy atom. The second kappa shape index (κ2) is 3.48. The first-order valence-corrected chi connectivity index (χ1v) is 5.90. The Balaban J connectivity index is 2.01. The summed E-state index contributed by atoms with van der Waals surface area (Å²) < 4.78 is 0. The third-order valence-corrected chi connectivity index (χ3v) is 4.87. The quantitative estimate of drug-likeness (QED) is 0.749. The van der Waals surface area contributed by atoms with Crippen LogP contribution in [0.1, 0.15) is 39.5 Å². The highest BCUT2D eigenvalue weighted by atomic mass is 16.4. The van der Waals surface area contributed by atoms with Gasteiger partial charge in [0, 0.05) is 6.04 Å². The molecule has 3 aliphatic carbocycles. The standard InChI is InChI=1S/C12H21NO2/c1-12(2)7-3-4-8(9(12)5-7)10(13)6-11(14)15/h7-10H,3-6,13H2,1-2H3,(H,14,15). The molecule has 0 spiro atoms. The second-order valence-corrected chi connectivity index (χ2v) is 5.86. The zero-order valence-corrected chi connectivity index (χ0v) is 9.57. The minimum absolute atomic E-state index is 0.127. The fourth-order valence-corrected chi connectivity index (χ4v) is 3.73. The van der Waals surface area contributed by atoms with Crippen LogP contribution in [0, 0.1) is 23.2 Å². The highest BCUT2D eigenvalue weighted by Crippen LogP contribution is 2.61. The van der Waals surface area contributed by atoms with Crippen molar-refractivity contribution in [3.8, 4) is 0 Å². The third-order valence-electron chi connectivity index (χ3n) is 4.87. The van der Waals surface area contributed by atoms with Crippen molar-refractivity contribution in [3.63, 3.8) is 0 Å². The number of carboxylic acids is 1. The Labute approximate surface area is 91.0 Å². The lowest BCUT2D eigenvalue weighted by molar-refractivity contribution is -0.141. The number of hydrogen-bond donors (Lipinski definition) is 2. The molecule has 0 radical (unpaired) electrons. The van der Waals surface area contributed by atoms with Gasteiger partial charge in [0.05, 0.1) is 6.42 Å². The Morgan fingerprint density at radius 1 is 1.53 bits per heavy atom. The number of fused-ring (bicyclic) bond motifs is 2. The maximum Gasteiger partial charge on any atom is 0.304 e. The van der Waals surface area contributed by atoms with E-state index in [0.717, 1.165) is 12.3 Å². The Hall–Kier alpha value is -0.570. The van der Waals surface area contributed by atoms with E-state index in [9.17, 15) is 4.79 Å². The first-order chi connectivity index (χ1) is 6.93. The zero-order chi connectivity index (χ0) is 11.2. The van der Waals surface area contributed by atoms with Crippen LogP contribution in [0.3, 0.4) is 0 Å². The van der Waals surface area contributed by atoms with Gasteiger partial charge >= 0.3 is 5.97 Å². The maximum absolute atomic E-state index is 10.7. The Kier molecular flexibility index (Phi) is 2.53. The summed E-state index contributed by atoms with van der Waals surface area (Å²) in [6, 6.07) is -0.145. The molecule has 0 amide bonds. The summed E-state index contributed by atoms with van der Waals surface area (Å²) in [5.41, 5.74) is 6.41. The predicted molar refractivity (Wildman–Crippen MR) is 58.3 cm³/mol. The largest absolute Gasteiger partial charge is 0.481 e. The van der Waals surface area contributed by atoms with Crippen molar-refractivity contribution in [2.45, 2.75) is 45.6 Å². The number of carbonyl (C=O) groups is 1. The Morgan fingerprint density at radius 3 is 2.67 bits per heavy atom. The lowest BCUT2D eigenvalue weighted by Gasteiger charge is -2.61. The van der Waals surface area contributed by atoms with Crippen molar-refractivity contribution in [1.29, 1.82) is 0 Å². The minimum Gasteiger partial charge on any atom is -0.481 e. The molecule has 0 aliphatic heterocycles. The molecule has 3 aliphatic rings. The van der Waals surface area contributed by atoms with Gasteiger partial charge in [0.2, 0.25) is 0 Å². The summed E-state index contributed by atoms with van der Waals surface area (Å²) >= 11 is 0. The van der Waals surface area contributed by atoms with Gasteiger partial charge in [-0.3, -0.25) is 4.79 Å². The molecule has 0 heterocycles. The van der Waals surface area contributed by atoms with Crippen molar-refractivity contribution in [2.75, 3.05) is 0 Å². The number of carboxylic acid groups (broad SMARTS) is 1. The van der Waals surface area contributed by atoms with Gasteiger partial charge < -0.3 is 10.8 Å². The number of rotatable bonds is 3. The number of nitrogens with two attached hydrogens (primary N) is 1. The molecule has 0 aromatic heterocycles. The molecule has 3 fully saturated rings. The van der Waals surface area contributed by atoms with Gasteiger partial charge in [0.25, 0.3) is 0 Å². The van der Waals surface area contributed by atoms with E-state index in [2.05, 4.69) is 13.8 Å². The predicted octanol–water partition coefficient (Wildman–Crippen LogP) is 1.86. The first kappa shape index (κ1) is 10.9. The molecule has 4 atom stereocenters. The normalized spacial score (nSPS) is 39.3. The number of hydrogen-bond acceptors (Lipinski definition) is 2. The molecule has 2 bridgehead atoms. The van der Waals surface area contributed by atoms with E-state index in [1.807, 2.05) is 0 Å². The molecular weight excluding hydrogens is 190 g/mol. The van der Waals surface area contributed by atoms with Crippen LogP contribution in [0.5, 0.6) is 0 Å². The van der Waals surface area contributed by atoms with Crippen molar-refractivity contribution < 1.29 is 9.90 Å². The van der Waals surface area contributed by atoms with E-state index in [4.69, 9.17) is 10.8 Å². The van der Waals surface area contributed by atoms with Crippen LogP contribution in [-0.4, -0.2) is 17.1 Å². The van der Waals surface area contributed by atoms with Crippen LogP contribution in [0.15, 0.2) is 0 Å². The molecule has 0 saturated heterocycles. The van der Waals surface area contributed by atoms with E-state index >= 15 is 0 Å². The number of aliphatic carboxylic acids is 1. The molecule has 3 heteroatoms. The first-order valence-electron chi connectivity index (χ1n) is 5.90. The average Bonchev–Trinajstić information content (AvgIpc) is 2.16. The van der Waals surface area contributed by atoms with E-state index in [1.165, 1.54) is 12.8 Å². The fourth-order valence-electron chi connectivity index (χ4n) is 3.73.